The van der Waals surface area contributed by atoms with Gasteiger partial charge in [-0.2, -0.15) is 5.10 Å². The molecule has 0 saturated heterocycles. The summed E-state index contributed by atoms with van der Waals surface area (Å²) in [5.41, 5.74) is 2.05. The van der Waals surface area contributed by atoms with Crippen LogP contribution in [0.1, 0.15) is 41.5 Å². The highest BCUT2D eigenvalue weighted by Crippen LogP contribution is 2.24. The van der Waals surface area contributed by atoms with Crippen molar-refractivity contribution in [1.82, 2.24) is 20.5 Å². The average Bonchev–Trinajstić information content (AvgIpc) is 3.15. The average molecular weight is 366 g/mol. The van der Waals surface area contributed by atoms with Gasteiger partial charge in [-0.25, -0.2) is 4.98 Å². The minimum atomic E-state index is -0.370. The molecule has 3 aromatic rings. The number of H-pyrrole nitrogens is 1. The highest BCUT2D eigenvalue weighted by molar-refractivity contribution is 5.96. The summed E-state index contributed by atoms with van der Waals surface area (Å²) in [6, 6.07) is 12.5. The highest BCUT2D eigenvalue weighted by Gasteiger charge is 2.14. The molecule has 2 aromatic carbocycles. The number of carbonyl (C=O) groups is 1. The zero-order chi connectivity index (χ0) is 19.4. The van der Waals surface area contributed by atoms with Gasteiger partial charge in [0.1, 0.15) is 17.3 Å². The Bertz CT molecular complexity index is 933. The van der Waals surface area contributed by atoms with Crippen LogP contribution in [0.4, 0.5) is 0 Å². The van der Waals surface area contributed by atoms with Crippen LogP contribution in [0.2, 0.25) is 0 Å². The highest BCUT2D eigenvalue weighted by atomic mass is 16.5. The van der Waals surface area contributed by atoms with Crippen LogP contribution in [0.5, 0.6) is 11.5 Å². The topological polar surface area (TPSA) is 100 Å². The molecule has 0 bridgehead atoms. The Morgan fingerprint density at radius 3 is 2.59 bits per heavy atom. The third-order valence-electron chi connectivity index (χ3n) is 4.23. The minimum Gasteiger partial charge on any atom is -0.507 e. The van der Waals surface area contributed by atoms with E-state index in [0.717, 1.165) is 16.9 Å². The van der Waals surface area contributed by atoms with Crippen molar-refractivity contribution in [2.45, 2.75) is 26.3 Å². The summed E-state index contributed by atoms with van der Waals surface area (Å²) in [4.78, 5) is 16.7. The summed E-state index contributed by atoms with van der Waals surface area (Å²) >= 11 is 0. The van der Waals surface area contributed by atoms with Crippen LogP contribution in [0.3, 0.4) is 0 Å². The van der Waals surface area contributed by atoms with Gasteiger partial charge in [0.2, 0.25) is 0 Å². The Morgan fingerprint density at radius 1 is 1.22 bits per heavy atom. The van der Waals surface area contributed by atoms with Crippen molar-refractivity contribution in [3.63, 3.8) is 0 Å². The number of carbonyl (C=O) groups excluding carboxylic acids is 1. The number of rotatable bonds is 6. The number of hydrogen-bond acceptors (Lipinski definition) is 5. The van der Waals surface area contributed by atoms with Crippen molar-refractivity contribution >= 4 is 5.91 Å². The van der Waals surface area contributed by atoms with Gasteiger partial charge in [0, 0.05) is 5.56 Å². The zero-order valence-electron chi connectivity index (χ0n) is 15.5. The maximum absolute atomic E-state index is 12.3. The van der Waals surface area contributed by atoms with Gasteiger partial charge in [-0.15, -0.1) is 0 Å². The van der Waals surface area contributed by atoms with Crippen LogP contribution >= 0.6 is 0 Å². The number of aromatic hydroxyl groups is 1. The summed E-state index contributed by atoms with van der Waals surface area (Å²) in [6.07, 6.45) is 0. The van der Waals surface area contributed by atoms with Gasteiger partial charge in [0.05, 0.1) is 19.2 Å². The first-order valence-electron chi connectivity index (χ1n) is 8.64. The molecular formula is C20H22N4O3. The van der Waals surface area contributed by atoms with Gasteiger partial charge in [-0.3, -0.25) is 9.89 Å². The third kappa shape index (κ3) is 4.25. The van der Waals surface area contributed by atoms with Crippen molar-refractivity contribution in [3.8, 4) is 22.9 Å². The first-order chi connectivity index (χ1) is 13.0. The first kappa shape index (κ1) is 18.4. The first-order valence-corrected chi connectivity index (χ1v) is 8.64. The van der Waals surface area contributed by atoms with Crippen LogP contribution in [-0.4, -0.2) is 33.3 Å². The van der Waals surface area contributed by atoms with Gasteiger partial charge in [-0.1, -0.05) is 19.9 Å². The summed E-state index contributed by atoms with van der Waals surface area (Å²) in [6.45, 7) is 4.23. The van der Waals surface area contributed by atoms with E-state index < -0.39 is 0 Å². The van der Waals surface area contributed by atoms with Crippen molar-refractivity contribution in [2.24, 2.45) is 0 Å². The van der Waals surface area contributed by atoms with Gasteiger partial charge in [-0.05, 0) is 47.9 Å². The second-order valence-electron chi connectivity index (χ2n) is 6.45. The molecule has 3 N–H and O–H groups in total. The van der Waals surface area contributed by atoms with E-state index in [1.807, 2.05) is 44.2 Å². The lowest BCUT2D eigenvalue weighted by Gasteiger charge is -2.09. The number of phenols is 1. The smallest absolute Gasteiger partial charge is 0.255 e. The van der Waals surface area contributed by atoms with E-state index in [9.17, 15) is 9.90 Å². The number of nitrogens with one attached hydrogen (secondary N) is 2. The van der Waals surface area contributed by atoms with E-state index in [1.165, 1.54) is 0 Å². The number of methoxy groups -OCH3 is 1. The molecule has 1 amide bonds. The minimum absolute atomic E-state index is 0.0322. The number of aromatic nitrogens is 3. The van der Waals surface area contributed by atoms with E-state index in [1.54, 1.807) is 19.2 Å². The molecule has 3 rings (SSSR count). The second-order valence-corrected chi connectivity index (χ2v) is 6.45. The van der Waals surface area contributed by atoms with E-state index in [2.05, 4.69) is 20.5 Å². The molecule has 27 heavy (non-hydrogen) atoms. The molecule has 0 radical (unpaired) electrons. The predicted octanol–water partition coefficient (Wildman–Crippen LogP) is 3.24. The molecule has 7 heteroatoms. The number of ether oxygens (including phenoxy) is 1. The Kier molecular flexibility index (Phi) is 5.40. The Hall–Kier alpha value is -3.35. The molecule has 0 saturated carbocycles. The lowest BCUT2D eigenvalue weighted by Crippen LogP contribution is -2.23. The van der Waals surface area contributed by atoms with Crippen LogP contribution in [0, 0.1) is 0 Å². The lowest BCUT2D eigenvalue weighted by molar-refractivity contribution is 0.0947. The number of benzene rings is 2. The largest absolute Gasteiger partial charge is 0.507 e. The molecule has 140 valence electrons. The SMILES string of the molecule is COc1ccc(-c2n[nH]c(CNC(=O)c3ccc(C(C)C)cc3O)n2)cc1. The normalized spacial score (nSPS) is 10.8. The van der Waals surface area contributed by atoms with Gasteiger partial charge < -0.3 is 15.2 Å². The van der Waals surface area contributed by atoms with E-state index in [-0.39, 0.29) is 29.7 Å². The third-order valence-corrected chi connectivity index (χ3v) is 4.23. The van der Waals surface area contributed by atoms with Crippen molar-refractivity contribution in [1.29, 1.82) is 0 Å². The number of phenolic OH excluding ortho intramolecular Hbond substituents is 1. The Morgan fingerprint density at radius 2 is 1.96 bits per heavy atom. The van der Waals surface area contributed by atoms with Crippen molar-refractivity contribution in [3.05, 3.63) is 59.4 Å². The van der Waals surface area contributed by atoms with Crippen LogP contribution in [-0.2, 0) is 6.54 Å². The Balaban J connectivity index is 1.65. The van der Waals surface area contributed by atoms with Crippen LogP contribution in [0.25, 0.3) is 11.4 Å². The maximum atomic E-state index is 12.3. The molecule has 1 heterocycles. The maximum Gasteiger partial charge on any atom is 0.255 e. The molecule has 0 unspecified atom stereocenters. The predicted molar refractivity (Wildman–Crippen MR) is 102 cm³/mol. The molecule has 0 fully saturated rings. The van der Waals surface area contributed by atoms with Crippen LogP contribution in [0.15, 0.2) is 42.5 Å². The fourth-order valence-corrected chi connectivity index (χ4v) is 2.60. The van der Waals surface area contributed by atoms with Crippen LogP contribution < -0.4 is 10.1 Å². The standard InChI is InChI=1S/C20H22N4O3/c1-12(2)14-6-9-16(17(25)10-14)20(26)21-11-18-22-19(24-23-18)13-4-7-15(27-3)8-5-13/h4-10,12,25H,11H2,1-3H3,(H,21,26)(H,22,23,24). The number of hydrogen-bond donors (Lipinski definition) is 3. The molecular weight excluding hydrogens is 344 g/mol. The molecule has 0 aliphatic heterocycles. The zero-order valence-corrected chi connectivity index (χ0v) is 15.5. The number of nitrogens with zero attached hydrogens (tertiary/aromatic N) is 2. The fraction of sp³-hybridized carbons (Fsp3) is 0.250. The van der Waals surface area contributed by atoms with Gasteiger partial charge in [0.15, 0.2) is 5.82 Å². The number of aromatic amines is 1. The summed E-state index contributed by atoms with van der Waals surface area (Å²) in [5, 5.41) is 19.8. The monoisotopic (exact) mass is 366 g/mol. The molecule has 1 aromatic heterocycles. The van der Waals surface area contributed by atoms with E-state index in [0.29, 0.717) is 11.6 Å². The van der Waals surface area contributed by atoms with E-state index in [4.69, 9.17) is 4.74 Å². The van der Waals surface area contributed by atoms with Crippen molar-refractivity contribution in [2.75, 3.05) is 7.11 Å². The lowest BCUT2D eigenvalue weighted by atomic mass is 10.0. The summed E-state index contributed by atoms with van der Waals surface area (Å²) in [7, 11) is 1.61. The van der Waals surface area contributed by atoms with Gasteiger partial charge in [0.25, 0.3) is 5.91 Å². The molecule has 7 nitrogen and oxygen atoms in total. The molecule has 0 atom stereocenters. The van der Waals surface area contributed by atoms with Gasteiger partial charge >= 0.3 is 0 Å². The summed E-state index contributed by atoms with van der Waals surface area (Å²) in [5.74, 6) is 1.68. The number of amides is 1. The quantitative estimate of drug-likeness (QED) is 0.622. The second kappa shape index (κ2) is 7.90. The van der Waals surface area contributed by atoms with E-state index >= 15 is 0 Å². The molecule has 0 aliphatic carbocycles. The summed E-state index contributed by atoms with van der Waals surface area (Å²) < 4.78 is 5.13. The molecule has 0 spiro atoms. The molecule has 0 aliphatic rings. The Labute approximate surface area is 157 Å². The van der Waals surface area contributed by atoms with Crippen molar-refractivity contribution < 1.29 is 14.6 Å². The fourth-order valence-electron chi connectivity index (χ4n) is 2.60.